The standard InChI is InChI=1S/C17H24N4O2/c1-11(2)7-14-8-15(23-20-14)17(22)21-6-4-5-13(10-21)16-18-9-12(3)19-16/h8-9,11,13H,4-7,10H2,1-3H3,(H,18,19)/t13-/m0/s1. The number of amides is 1. The number of imidazole rings is 1. The molecule has 0 aliphatic carbocycles. The number of piperidine rings is 1. The molecule has 6 heteroatoms. The molecule has 1 N–H and O–H groups in total. The van der Waals surface area contributed by atoms with Gasteiger partial charge in [0.1, 0.15) is 5.82 Å². The van der Waals surface area contributed by atoms with Gasteiger partial charge in [0.2, 0.25) is 5.76 Å². The summed E-state index contributed by atoms with van der Waals surface area (Å²) in [4.78, 5) is 22.2. The van der Waals surface area contributed by atoms with E-state index < -0.39 is 0 Å². The summed E-state index contributed by atoms with van der Waals surface area (Å²) >= 11 is 0. The molecule has 0 spiro atoms. The third kappa shape index (κ3) is 3.63. The van der Waals surface area contributed by atoms with E-state index in [9.17, 15) is 4.79 Å². The zero-order valence-corrected chi connectivity index (χ0v) is 14.0. The molecule has 1 atom stereocenters. The Morgan fingerprint density at radius 2 is 2.35 bits per heavy atom. The molecule has 1 saturated heterocycles. The van der Waals surface area contributed by atoms with E-state index in [-0.39, 0.29) is 11.8 Å². The highest BCUT2D eigenvalue weighted by atomic mass is 16.5. The second-order valence-corrected chi connectivity index (χ2v) is 6.82. The molecule has 6 nitrogen and oxygen atoms in total. The van der Waals surface area contributed by atoms with Gasteiger partial charge in [0, 0.05) is 37.0 Å². The average Bonchev–Trinajstić information content (AvgIpc) is 3.15. The van der Waals surface area contributed by atoms with Gasteiger partial charge >= 0.3 is 0 Å². The molecule has 0 bridgehead atoms. The van der Waals surface area contributed by atoms with Crippen LogP contribution in [0.25, 0.3) is 0 Å². The van der Waals surface area contributed by atoms with E-state index in [1.54, 1.807) is 6.07 Å². The van der Waals surface area contributed by atoms with Gasteiger partial charge < -0.3 is 14.4 Å². The molecule has 0 radical (unpaired) electrons. The van der Waals surface area contributed by atoms with Gasteiger partial charge in [-0.25, -0.2) is 4.98 Å². The van der Waals surface area contributed by atoms with Crippen molar-refractivity contribution in [2.75, 3.05) is 13.1 Å². The molecule has 1 aliphatic heterocycles. The lowest BCUT2D eigenvalue weighted by Gasteiger charge is -2.31. The van der Waals surface area contributed by atoms with E-state index in [1.807, 2.05) is 18.0 Å². The van der Waals surface area contributed by atoms with Gasteiger partial charge in [-0.3, -0.25) is 4.79 Å². The Hall–Kier alpha value is -2.11. The monoisotopic (exact) mass is 316 g/mol. The number of rotatable bonds is 4. The summed E-state index contributed by atoms with van der Waals surface area (Å²) in [5, 5.41) is 4.01. The molecule has 0 saturated carbocycles. The van der Waals surface area contributed by atoms with Gasteiger partial charge in [0.05, 0.1) is 5.69 Å². The minimum atomic E-state index is -0.0690. The fourth-order valence-electron chi connectivity index (χ4n) is 3.11. The largest absolute Gasteiger partial charge is 0.351 e. The van der Waals surface area contributed by atoms with Crippen molar-refractivity contribution in [2.24, 2.45) is 5.92 Å². The number of aromatic nitrogens is 3. The van der Waals surface area contributed by atoms with Gasteiger partial charge in [0.15, 0.2) is 0 Å². The zero-order chi connectivity index (χ0) is 16.4. The number of H-pyrrole nitrogens is 1. The van der Waals surface area contributed by atoms with Crippen molar-refractivity contribution in [3.05, 3.63) is 35.2 Å². The minimum Gasteiger partial charge on any atom is -0.351 e. The second-order valence-electron chi connectivity index (χ2n) is 6.82. The lowest BCUT2D eigenvalue weighted by atomic mass is 9.97. The van der Waals surface area contributed by atoms with Crippen LogP contribution < -0.4 is 0 Å². The van der Waals surface area contributed by atoms with Crippen LogP contribution >= 0.6 is 0 Å². The van der Waals surface area contributed by atoms with E-state index in [0.717, 1.165) is 43.0 Å². The number of aryl methyl sites for hydroxylation is 1. The van der Waals surface area contributed by atoms with Crippen molar-refractivity contribution in [1.29, 1.82) is 0 Å². The topological polar surface area (TPSA) is 75.0 Å². The van der Waals surface area contributed by atoms with Gasteiger partial charge in [-0.2, -0.15) is 0 Å². The summed E-state index contributed by atoms with van der Waals surface area (Å²) in [6.45, 7) is 7.67. The Bertz CT molecular complexity index is 674. The summed E-state index contributed by atoms with van der Waals surface area (Å²) in [5.41, 5.74) is 1.90. The number of hydrogen-bond acceptors (Lipinski definition) is 4. The molecule has 124 valence electrons. The third-order valence-electron chi connectivity index (χ3n) is 4.20. The van der Waals surface area contributed by atoms with Crippen molar-refractivity contribution in [3.63, 3.8) is 0 Å². The molecule has 1 fully saturated rings. The van der Waals surface area contributed by atoms with E-state index in [4.69, 9.17) is 4.52 Å². The first kappa shape index (κ1) is 15.8. The molecule has 3 heterocycles. The molecule has 2 aromatic rings. The Morgan fingerprint density at radius 1 is 1.52 bits per heavy atom. The van der Waals surface area contributed by atoms with Crippen LogP contribution in [-0.4, -0.2) is 39.0 Å². The Morgan fingerprint density at radius 3 is 3.04 bits per heavy atom. The maximum absolute atomic E-state index is 12.6. The normalized spacial score (nSPS) is 18.6. The van der Waals surface area contributed by atoms with Gasteiger partial charge in [0.25, 0.3) is 5.91 Å². The SMILES string of the molecule is Cc1cnc([C@H]2CCCN(C(=O)c3cc(CC(C)C)no3)C2)[nH]1. The van der Waals surface area contributed by atoms with E-state index >= 15 is 0 Å². The molecule has 23 heavy (non-hydrogen) atoms. The fraction of sp³-hybridized carbons (Fsp3) is 0.588. The highest BCUT2D eigenvalue weighted by Crippen LogP contribution is 2.26. The molecule has 1 aliphatic rings. The number of nitrogens with zero attached hydrogens (tertiary/aromatic N) is 3. The predicted molar refractivity (Wildman–Crippen MR) is 86.2 cm³/mol. The molecule has 1 amide bonds. The first-order chi connectivity index (χ1) is 11.0. The maximum atomic E-state index is 12.6. The molecular formula is C17H24N4O2. The van der Waals surface area contributed by atoms with Crippen LogP contribution in [0.1, 0.15) is 60.4 Å². The van der Waals surface area contributed by atoms with Gasteiger partial charge in [-0.1, -0.05) is 19.0 Å². The smallest absolute Gasteiger partial charge is 0.292 e. The molecule has 3 rings (SSSR count). The van der Waals surface area contributed by atoms with Crippen molar-refractivity contribution in [1.82, 2.24) is 20.0 Å². The van der Waals surface area contributed by atoms with Crippen molar-refractivity contribution < 1.29 is 9.32 Å². The third-order valence-corrected chi connectivity index (χ3v) is 4.20. The van der Waals surface area contributed by atoms with Crippen molar-refractivity contribution in [2.45, 2.75) is 46.0 Å². The maximum Gasteiger partial charge on any atom is 0.292 e. The quantitative estimate of drug-likeness (QED) is 0.941. The Balaban J connectivity index is 1.68. The number of aromatic amines is 1. The lowest BCUT2D eigenvalue weighted by Crippen LogP contribution is -2.39. The summed E-state index contributed by atoms with van der Waals surface area (Å²) in [7, 11) is 0. The van der Waals surface area contributed by atoms with Crippen molar-refractivity contribution in [3.8, 4) is 0 Å². The number of carbonyl (C=O) groups excluding carboxylic acids is 1. The summed E-state index contributed by atoms with van der Waals surface area (Å²) in [5.74, 6) is 2.00. The van der Waals surface area contributed by atoms with Gasteiger partial charge in [-0.05, 0) is 32.1 Å². The molecule has 2 aromatic heterocycles. The second kappa shape index (κ2) is 6.56. The van der Waals surface area contributed by atoms with Crippen LogP contribution in [-0.2, 0) is 6.42 Å². The highest BCUT2D eigenvalue weighted by molar-refractivity contribution is 5.91. The van der Waals surface area contributed by atoms with Gasteiger partial charge in [-0.15, -0.1) is 0 Å². The van der Waals surface area contributed by atoms with Crippen LogP contribution in [0.15, 0.2) is 16.8 Å². The number of carbonyl (C=O) groups is 1. The zero-order valence-electron chi connectivity index (χ0n) is 14.0. The van der Waals surface area contributed by atoms with E-state index in [2.05, 4.69) is 29.0 Å². The van der Waals surface area contributed by atoms with Crippen molar-refractivity contribution >= 4 is 5.91 Å². The Labute approximate surface area is 136 Å². The molecule has 0 aromatic carbocycles. The van der Waals surface area contributed by atoms with Crippen LogP contribution in [0.4, 0.5) is 0 Å². The minimum absolute atomic E-state index is 0.0690. The molecule has 0 unspecified atom stereocenters. The lowest BCUT2D eigenvalue weighted by molar-refractivity contribution is 0.0662. The Kier molecular flexibility index (Phi) is 4.50. The first-order valence-electron chi connectivity index (χ1n) is 8.29. The predicted octanol–water partition coefficient (Wildman–Crippen LogP) is 2.92. The summed E-state index contributed by atoms with van der Waals surface area (Å²) < 4.78 is 5.26. The van der Waals surface area contributed by atoms with Crippen LogP contribution in [0, 0.1) is 12.8 Å². The number of hydrogen-bond donors (Lipinski definition) is 1. The first-order valence-corrected chi connectivity index (χ1v) is 8.29. The summed E-state index contributed by atoms with van der Waals surface area (Å²) in [6, 6.07) is 1.78. The fourth-order valence-corrected chi connectivity index (χ4v) is 3.11. The highest BCUT2D eigenvalue weighted by Gasteiger charge is 2.29. The van der Waals surface area contributed by atoms with Crippen LogP contribution in [0.5, 0.6) is 0 Å². The number of likely N-dealkylation sites (tertiary alicyclic amines) is 1. The average molecular weight is 316 g/mol. The summed E-state index contributed by atoms with van der Waals surface area (Å²) in [6.07, 6.45) is 4.69. The number of nitrogens with one attached hydrogen (secondary N) is 1. The van der Waals surface area contributed by atoms with Crippen LogP contribution in [0.3, 0.4) is 0 Å². The molecular weight excluding hydrogens is 292 g/mol. The van der Waals surface area contributed by atoms with E-state index in [0.29, 0.717) is 18.2 Å². The van der Waals surface area contributed by atoms with E-state index in [1.165, 1.54) is 0 Å². The van der Waals surface area contributed by atoms with Crippen LogP contribution in [0.2, 0.25) is 0 Å².